The number of nitrogens with zero attached hydrogens (tertiary/aromatic N) is 3. The minimum absolute atomic E-state index is 0.0747. The van der Waals surface area contributed by atoms with E-state index in [-0.39, 0.29) is 17.1 Å². The highest BCUT2D eigenvalue weighted by atomic mass is 35.5. The van der Waals surface area contributed by atoms with Crippen LogP contribution in [0, 0.1) is 46.3 Å². The summed E-state index contributed by atoms with van der Waals surface area (Å²) in [6, 6.07) is 0. The highest BCUT2D eigenvalue weighted by Gasteiger charge is 2.62. The SMILES string of the molecule is O=C(Nc1c(F)c(F)c(F)c(F)c1F)C12CC3CC(C1)CC(n1cnc(Cl)n1)(C3)C2. The minimum atomic E-state index is -2.26. The second kappa shape index (κ2) is 6.38. The molecule has 4 bridgehead atoms. The van der Waals surface area contributed by atoms with Gasteiger partial charge in [-0.05, 0) is 62.0 Å². The first-order valence-electron chi connectivity index (χ1n) is 9.55. The Morgan fingerprint density at radius 2 is 1.57 bits per heavy atom. The zero-order chi connectivity index (χ0) is 21.4. The zero-order valence-corrected chi connectivity index (χ0v) is 16.2. The average molecular weight is 447 g/mol. The van der Waals surface area contributed by atoms with Gasteiger partial charge in [0.2, 0.25) is 17.0 Å². The van der Waals surface area contributed by atoms with E-state index < -0.39 is 51.6 Å². The van der Waals surface area contributed by atoms with Gasteiger partial charge in [0.05, 0.1) is 11.0 Å². The maximum atomic E-state index is 14.1. The summed E-state index contributed by atoms with van der Waals surface area (Å²) in [6.07, 6.45) is 5.24. The summed E-state index contributed by atoms with van der Waals surface area (Å²) in [5.41, 5.74) is -2.83. The van der Waals surface area contributed by atoms with Crippen LogP contribution in [0.5, 0.6) is 0 Å². The van der Waals surface area contributed by atoms with Crippen molar-refractivity contribution in [3.8, 4) is 0 Å². The van der Waals surface area contributed by atoms with Crippen molar-refractivity contribution >= 4 is 23.2 Å². The van der Waals surface area contributed by atoms with Gasteiger partial charge in [0, 0.05) is 0 Å². The largest absolute Gasteiger partial charge is 0.321 e. The predicted octanol–water partition coefficient (Wildman–Crippen LogP) is 4.56. The molecule has 30 heavy (non-hydrogen) atoms. The molecule has 0 saturated heterocycles. The summed E-state index contributed by atoms with van der Waals surface area (Å²) < 4.78 is 70.3. The summed E-state index contributed by atoms with van der Waals surface area (Å²) in [7, 11) is 0. The van der Waals surface area contributed by atoms with Crippen molar-refractivity contribution in [2.24, 2.45) is 17.3 Å². The van der Waals surface area contributed by atoms with Gasteiger partial charge in [-0.3, -0.25) is 4.79 Å². The normalized spacial score (nSPS) is 31.9. The van der Waals surface area contributed by atoms with Crippen molar-refractivity contribution < 1.29 is 26.7 Å². The molecule has 2 atom stereocenters. The molecule has 4 aliphatic carbocycles. The van der Waals surface area contributed by atoms with Crippen LogP contribution < -0.4 is 5.32 Å². The molecular weight excluding hydrogens is 431 g/mol. The number of carbonyl (C=O) groups is 1. The number of hydrogen-bond acceptors (Lipinski definition) is 3. The van der Waals surface area contributed by atoms with E-state index >= 15 is 0 Å². The van der Waals surface area contributed by atoms with Gasteiger partial charge in [-0.2, -0.15) is 0 Å². The maximum absolute atomic E-state index is 14.1. The fourth-order valence-corrected chi connectivity index (χ4v) is 6.31. The van der Waals surface area contributed by atoms with E-state index in [1.165, 1.54) is 6.33 Å². The Balaban J connectivity index is 1.51. The Labute approximate surface area is 172 Å². The molecule has 160 valence electrons. The first kappa shape index (κ1) is 19.7. The van der Waals surface area contributed by atoms with Crippen LogP contribution in [0.25, 0.3) is 0 Å². The molecule has 6 rings (SSSR count). The Hall–Kier alpha value is -2.23. The number of anilines is 1. The van der Waals surface area contributed by atoms with Crippen molar-refractivity contribution in [3.63, 3.8) is 0 Å². The number of carbonyl (C=O) groups excluding carboxylic acids is 1. The van der Waals surface area contributed by atoms with Gasteiger partial charge in [-0.15, -0.1) is 5.10 Å². The fourth-order valence-electron chi connectivity index (χ4n) is 6.18. The predicted molar refractivity (Wildman–Crippen MR) is 95.0 cm³/mol. The molecule has 0 radical (unpaired) electrons. The quantitative estimate of drug-likeness (QED) is 0.427. The molecule has 1 heterocycles. The molecule has 1 N–H and O–H groups in total. The minimum Gasteiger partial charge on any atom is -0.321 e. The lowest BCUT2D eigenvalue weighted by molar-refractivity contribution is -0.150. The van der Waals surface area contributed by atoms with Gasteiger partial charge >= 0.3 is 0 Å². The molecule has 1 aromatic heterocycles. The van der Waals surface area contributed by atoms with E-state index in [1.54, 1.807) is 4.68 Å². The zero-order valence-electron chi connectivity index (χ0n) is 15.5. The number of hydrogen-bond donors (Lipinski definition) is 1. The van der Waals surface area contributed by atoms with Crippen molar-refractivity contribution in [1.29, 1.82) is 0 Å². The second-order valence-corrected chi connectivity index (χ2v) is 9.16. The Kier molecular flexibility index (Phi) is 4.20. The molecule has 2 aromatic rings. The topological polar surface area (TPSA) is 59.8 Å². The van der Waals surface area contributed by atoms with Gasteiger partial charge < -0.3 is 5.32 Å². The van der Waals surface area contributed by atoms with Gasteiger partial charge in [0.25, 0.3) is 0 Å². The monoisotopic (exact) mass is 446 g/mol. The summed E-state index contributed by atoms with van der Waals surface area (Å²) in [5, 5.41) is 6.30. The molecular formula is C19H16ClF5N4O. The summed E-state index contributed by atoms with van der Waals surface area (Å²) in [4.78, 5) is 17.2. The molecule has 4 saturated carbocycles. The van der Waals surface area contributed by atoms with Crippen LogP contribution in [0.15, 0.2) is 6.33 Å². The smallest absolute Gasteiger partial charge is 0.242 e. The lowest BCUT2D eigenvalue weighted by Gasteiger charge is -2.60. The van der Waals surface area contributed by atoms with Crippen molar-refractivity contribution in [1.82, 2.24) is 14.8 Å². The molecule has 1 amide bonds. The summed E-state index contributed by atoms with van der Waals surface area (Å²) in [5.74, 6) is -10.9. The van der Waals surface area contributed by atoms with Crippen LogP contribution in [0.4, 0.5) is 27.6 Å². The summed E-state index contributed by atoms with van der Waals surface area (Å²) >= 11 is 5.88. The lowest BCUT2D eigenvalue weighted by atomic mass is 9.46. The molecule has 0 aliphatic heterocycles. The average Bonchev–Trinajstić information content (AvgIpc) is 3.14. The van der Waals surface area contributed by atoms with Crippen molar-refractivity contribution in [3.05, 3.63) is 40.7 Å². The van der Waals surface area contributed by atoms with E-state index in [0.29, 0.717) is 19.3 Å². The van der Waals surface area contributed by atoms with Crippen LogP contribution in [-0.2, 0) is 10.3 Å². The van der Waals surface area contributed by atoms with Crippen LogP contribution in [-0.4, -0.2) is 20.7 Å². The van der Waals surface area contributed by atoms with E-state index in [2.05, 4.69) is 10.1 Å². The van der Waals surface area contributed by atoms with Crippen LogP contribution >= 0.6 is 11.6 Å². The molecule has 5 nitrogen and oxygen atoms in total. The van der Waals surface area contributed by atoms with Gasteiger partial charge in [-0.1, -0.05) is 0 Å². The van der Waals surface area contributed by atoms with Crippen LogP contribution in [0.2, 0.25) is 5.28 Å². The molecule has 1 aromatic carbocycles. The molecule has 0 spiro atoms. The third kappa shape index (κ3) is 2.68. The van der Waals surface area contributed by atoms with Crippen molar-refractivity contribution in [2.45, 2.75) is 44.1 Å². The fraction of sp³-hybridized carbons (Fsp3) is 0.526. The van der Waals surface area contributed by atoms with Gasteiger partial charge in [0.15, 0.2) is 23.3 Å². The van der Waals surface area contributed by atoms with E-state index in [4.69, 9.17) is 11.6 Å². The third-order valence-corrected chi connectivity index (χ3v) is 7.08. The number of amides is 1. The molecule has 4 fully saturated rings. The molecule has 11 heteroatoms. The Morgan fingerprint density at radius 1 is 1.00 bits per heavy atom. The lowest BCUT2D eigenvalue weighted by Crippen LogP contribution is -2.60. The Bertz CT molecular complexity index is 1030. The number of benzene rings is 1. The van der Waals surface area contributed by atoms with Crippen molar-refractivity contribution in [2.75, 3.05) is 5.32 Å². The standard InChI is InChI=1S/C19H16ClF5N4O/c20-17-26-7-29(28-17)19-4-8-1-9(5-19)3-18(2-8,6-19)16(30)27-15-13(24)11(22)10(21)12(23)14(15)25/h7-9H,1-6H2,(H,27,30). The number of rotatable bonds is 3. The summed E-state index contributed by atoms with van der Waals surface area (Å²) in [6.45, 7) is 0. The van der Waals surface area contributed by atoms with Gasteiger partial charge in [0.1, 0.15) is 12.0 Å². The Morgan fingerprint density at radius 3 is 2.10 bits per heavy atom. The first-order valence-corrected chi connectivity index (χ1v) is 9.92. The van der Waals surface area contributed by atoms with E-state index in [0.717, 1.165) is 19.3 Å². The van der Waals surface area contributed by atoms with Gasteiger partial charge in [-0.25, -0.2) is 31.6 Å². The first-order chi connectivity index (χ1) is 14.1. The third-order valence-electron chi connectivity index (χ3n) is 6.91. The van der Waals surface area contributed by atoms with E-state index in [1.807, 2.05) is 5.32 Å². The number of nitrogens with one attached hydrogen (secondary N) is 1. The highest BCUT2D eigenvalue weighted by Crippen LogP contribution is 2.64. The number of halogens is 6. The van der Waals surface area contributed by atoms with E-state index in [9.17, 15) is 26.7 Å². The molecule has 2 unspecified atom stereocenters. The second-order valence-electron chi connectivity index (χ2n) is 8.82. The van der Waals surface area contributed by atoms with Crippen LogP contribution in [0.3, 0.4) is 0 Å². The molecule has 4 aliphatic rings. The van der Waals surface area contributed by atoms with Crippen LogP contribution in [0.1, 0.15) is 38.5 Å². The number of aromatic nitrogens is 3. The maximum Gasteiger partial charge on any atom is 0.242 e. The highest BCUT2D eigenvalue weighted by molar-refractivity contribution is 6.28.